The van der Waals surface area contributed by atoms with Gasteiger partial charge in [0, 0.05) is 47.2 Å². The number of nitrogens with zero attached hydrogens (tertiary/aromatic N) is 2. The quantitative estimate of drug-likeness (QED) is 0.458. The molecule has 0 bridgehead atoms. The predicted octanol–water partition coefficient (Wildman–Crippen LogP) is 3.11. The third-order valence-electron chi connectivity index (χ3n) is 3.76. The van der Waals surface area contributed by atoms with Crippen LogP contribution in [0.4, 0.5) is 0 Å². The lowest BCUT2D eigenvalue weighted by atomic mass is 10.2. The lowest BCUT2D eigenvalue weighted by Crippen LogP contribution is -2.40. The Bertz CT molecular complexity index is 823. The van der Waals surface area contributed by atoms with Gasteiger partial charge in [-0.2, -0.15) is 0 Å². The molecule has 0 aliphatic heterocycles. The van der Waals surface area contributed by atoms with E-state index in [1.165, 1.54) is 15.0 Å². The summed E-state index contributed by atoms with van der Waals surface area (Å²) in [5, 5.41) is 19.2. The third-order valence-corrected chi connectivity index (χ3v) is 5.95. The molecule has 0 fully saturated rings. The fourth-order valence-corrected chi connectivity index (χ4v) is 4.32. The topological polar surface area (TPSA) is 69.5 Å². The summed E-state index contributed by atoms with van der Waals surface area (Å²) in [5.41, 5.74) is 0. The molecule has 0 amide bonds. The van der Waals surface area contributed by atoms with Crippen molar-refractivity contribution < 1.29 is 5.11 Å². The number of aromatic nitrogens is 1. The van der Waals surface area contributed by atoms with Gasteiger partial charge in [-0.25, -0.2) is 4.98 Å². The number of thiophene rings is 1. The van der Waals surface area contributed by atoms with Crippen molar-refractivity contribution in [2.75, 3.05) is 20.1 Å². The van der Waals surface area contributed by atoms with Crippen LogP contribution in [-0.4, -0.2) is 36.2 Å². The Balaban J connectivity index is 1.48. The van der Waals surface area contributed by atoms with Crippen LogP contribution in [0.25, 0.3) is 10.1 Å². The Kier molecular flexibility index (Phi) is 6.01. The van der Waals surface area contributed by atoms with Crippen molar-refractivity contribution in [1.29, 1.82) is 0 Å². The molecule has 0 spiro atoms. The monoisotopic (exact) mass is 374 g/mol. The van der Waals surface area contributed by atoms with Crippen molar-refractivity contribution in [2.24, 2.45) is 4.99 Å². The summed E-state index contributed by atoms with van der Waals surface area (Å²) in [6.07, 6.45) is 2.20. The molecule has 3 N–H and O–H groups in total. The van der Waals surface area contributed by atoms with E-state index in [0.717, 1.165) is 22.9 Å². The number of fused-ring (bicyclic) bond motifs is 1. The molecule has 3 rings (SSSR count). The van der Waals surface area contributed by atoms with E-state index in [4.69, 9.17) is 0 Å². The van der Waals surface area contributed by atoms with Crippen molar-refractivity contribution >= 4 is 38.7 Å². The van der Waals surface area contributed by atoms with E-state index in [9.17, 15) is 5.11 Å². The molecule has 0 aliphatic rings. The normalized spacial score (nSPS) is 13.2. The highest BCUT2D eigenvalue weighted by Gasteiger charge is 2.12. The second-order valence-electron chi connectivity index (χ2n) is 5.70. The highest BCUT2D eigenvalue weighted by Crippen LogP contribution is 2.29. The highest BCUT2D eigenvalue weighted by atomic mass is 32.1. The molecule has 1 unspecified atom stereocenters. The zero-order valence-corrected chi connectivity index (χ0v) is 16.0. The number of aliphatic imine (C=N–C) groups is 1. The van der Waals surface area contributed by atoms with Crippen LogP contribution >= 0.6 is 22.7 Å². The number of nitrogens with one attached hydrogen (secondary N) is 2. The fraction of sp³-hybridized carbons (Fsp3) is 0.333. The first-order valence-corrected chi connectivity index (χ1v) is 9.81. The SMILES string of the molecule is CN=C(NCCc1ncc(C)s1)NCC(O)c1cc2ccccc2s1. The number of hydrogen-bond donors (Lipinski definition) is 3. The number of rotatable bonds is 6. The van der Waals surface area contributed by atoms with Crippen molar-refractivity contribution in [1.82, 2.24) is 15.6 Å². The smallest absolute Gasteiger partial charge is 0.191 e. The molecule has 1 atom stereocenters. The first-order valence-electron chi connectivity index (χ1n) is 8.18. The van der Waals surface area contributed by atoms with E-state index < -0.39 is 6.10 Å². The standard InChI is InChI=1S/C18H22N4OS2/c1-12-10-21-17(24-12)7-8-20-18(19-2)22-11-14(23)16-9-13-5-3-4-6-15(13)25-16/h3-6,9-10,14,23H,7-8,11H2,1-2H3,(H2,19,20,22). The summed E-state index contributed by atoms with van der Waals surface area (Å²) in [6, 6.07) is 10.2. The molecule has 0 saturated carbocycles. The maximum Gasteiger partial charge on any atom is 0.191 e. The summed E-state index contributed by atoms with van der Waals surface area (Å²) in [7, 11) is 1.73. The third kappa shape index (κ3) is 4.78. The molecular formula is C18H22N4OS2. The van der Waals surface area contributed by atoms with Gasteiger partial charge >= 0.3 is 0 Å². The maximum absolute atomic E-state index is 10.4. The average molecular weight is 375 g/mol. The van der Waals surface area contributed by atoms with Crippen LogP contribution in [-0.2, 0) is 6.42 Å². The molecule has 132 valence electrons. The molecule has 2 heterocycles. The van der Waals surface area contributed by atoms with Crippen molar-refractivity contribution in [2.45, 2.75) is 19.4 Å². The van der Waals surface area contributed by atoms with Crippen LogP contribution in [0.1, 0.15) is 20.9 Å². The molecule has 7 heteroatoms. The number of aliphatic hydroxyl groups excluding tert-OH is 1. The maximum atomic E-state index is 10.4. The minimum Gasteiger partial charge on any atom is -0.386 e. The fourth-order valence-electron chi connectivity index (χ4n) is 2.49. The molecule has 0 saturated heterocycles. The van der Waals surface area contributed by atoms with Gasteiger partial charge in [0.05, 0.1) is 5.01 Å². The molecule has 5 nitrogen and oxygen atoms in total. The summed E-state index contributed by atoms with van der Waals surface area (Å²) >= 11 is 3.34. The number of aliphatic hydroxyl groups is 1. The van der Waals surface area contributed by atoms with E-state index in [1.54, 1.807) is 29.7 Å². The summed E-state index contributed by atoms with van der Waals surface area (Å²) in [4.78, 5) is 10.7. The van der Waals surface area contributed by atoms with Gasteiger partial charge < -0.3 is 15.7 Å². The Morgan fingerprint density at radius 2 is 2.12 bits per heavy atom. The molecule has 3 aromatic rings. The largest absolute Gasteiger partial charge is 0.386 e. The Hall–Kier alpha value is -1.96. The van der Waals surface area contributed by atoms with Gasteiger partial charge in [0.1, 0.15) is 6.10 Å². The van der Waals surface area contributed by atoms with Crippen LogP contribution < -0.4 is 10.6 Å². The van der Waals surface area contributed by atoms with E-state index >= 15 is 0 Å². The first kappa shape index (κ1) is 17.8. The van der Waals surface area contributed by atoms with E-state index in [1.807, 2.05) is 24.4 Å². The Morgan fingerprint density at radius 1 is 1.28 bits per heavy atom. The van der Waals surface area contributed by atoms with E-state index in [2.05, 4.69) is 39.7 Å². The second kappa shape index (κ2) is 8.42. The van der Waals surface area contributed by atoms with Gasteiger partial charge in [-0.05, 0) is 24.4 Å². The Labute approximate surface area is 155 Å². The number of thiazole rings is 1. The van der Waals surface area contributed by atoms with Gasteiger partial charge in [-0.3, -0.25) is 4.99 Å². The molecule has 2 aromatic heterocycles. The van der Waals surface area contributed by atoms with Crippen LogP contribution in [0.2, 0.25) is 0 Å². The van der Waals surface area contributed by atoms with Crippen LogP contribution in [0, 0.1) is 6.92 Å². The van der Waals surface area contributed by atoms with E-state index in [0.29, 0.717) is 12.5 Å². The highest BCUT2D eigenvalue weighted by molar-refractivity contribution is 7.19. The number of guanidine groups is 1. The van der Waals surface area contributed by atoms with Gasteiger partial charge in [-0.1, -0.05) is 18.2 Å². The van der Waals surface area contributed by atoms with Crippen LogP contribution in [0.15, 0.2) is 41.5 Å². The number of aryl methyl sites for hydroxylation is 1. The molecule has 25 heavy (non-hydrogen) atoms. The summed E-state index contributed by atoms with van der Waals surface area (Å²) in [6.45, 7) is 3.24. The van der Waals surface area contributed by atoms with Crippen LogP contribution in [0.3, 0.4) is 0 Å². The van der Waals surface area contributed by atoms with Gasteiger partial charge in [0.15, 0.2) is 5.96 Å². The minimum absolute atomic E-state index is 0.419. The average Bonchev–Trinajstić information content (AvgIpc) is 3.23. The van der Waals surface area contributed by atoms with Gasteiger partial charge in [0.25, 0.3) is 0 Å². The van der Waals surface area contributed by atoms with Crippen LogP contribution in [0.5, 0.6) is 0 Å². The van der Waals surface area contributed by atoms with Crippen molar-refractivity contribution in [3.05, 3.63) is 51.3 Å². The molecule has 0 radical (unpaired) electrons. The predicted molar refractivity (Wildman–Crippen MR) is 107 cm³/mol. The zero-order valence-electron chi connectivity index (χ0n) is 14.3. The summed E-state index contributed by atoms with van der Waals surface area (Å²) in [5.74, 6) is 0.688. The lowest BCUT2D eigenvalue weighted by molar-refractivity contribution is 0.184. The second-order valence-corrected chi connectivity index (χ2v) is 8.13. The molecular weight excluding hydrogens is 352 g/mol. The first-order chi connectivity index (χ1) is 12.2. The minimum atomic E-state index is -0.558. The molecule has 1 aromatic carbocycles. The van der Waals surface area contributed by atoms with E-state index in [-0.39, 0.29) is 0 Å². The van der Waals surface area contributed by atoms with Crippen molar-refractivity contribution in [3.63, 3.8) is 0 Å². The van der Waals surface area contributed by atoms with Gasteiger partial charge in [0.2, 0.25) is 0 Å². The van der Waals surface area contributed by atoms with Gasteiger partial charge in [-0.15, -0.1) is 22.7 Å². The number of hydrogen-bond acceptors (Lipinski definition) is 5. The zero-order chi connectivity index (χ0) is 17.6. The van der Waals surface area contributed by atoms with Crippen molar-refractivity contribution in [3.8, 4) is 0 Å². The molecule has 0 aliphatic carbocycles. The Morgan fingerprint density at radius 3 is 2.84 bits per heavy atom. The summed E-state index contributed by atoms with van der Waals surface area (Å²) < 4.78 is 1.19. The number of benzene rings is 1. The lowest BCUT2D eigenvalue weighted by Gasteiger charge is -2.14.